The number of para-hydroxylation sites is 1. The first-order valence-electron chi connectivity index (χ1n) is 9.34. The SMILES string of the molecule is O=C(O)C(CCCON=C(c1ccccc1)c1cccnc1)Oc1ccccc1. The molecule has 2 aromatic carbocycles. The van der Waals surface area contributed by atoms with Crippen molar-refractivity contribution >= 4 is 11.7 Å². The van der Waals surface area contributed by atoms with Crippen molar-refractivity contribution < 1.29 is 19.5 Å². The largest absolute Gasteiger partial charge is 0.479 e. The molecule has 6 heteroatoms. The summed E-state index contributed by atoms with van der Waals surface area (Å²) in [7, 11) is 0. The van der Waals surface area contributed by atoms with E-state index in [1.807, 2.05) is 48.5 Å². The normalized spacial score (nSPS) is 12.2. The third kappa shape index (κ3) is 6.17. The van der Waals surface area contributed by atoms with E-state index in [4.69, 9.17) is 9.57 Å². The predicted octanol–water partition coefficient (Wildman–Crippen LogP) is 4.16. The second-order valence-corrected chi connectivity index (χ2v) is 6.28. The molecule has 0 spiro atoms. The highest BCUT2D eigenvalue weighted by Gasteiger charge is 2.19. The number of nitrogens with zero attached hydrogens (tertiary/aromatic N) is 2. The van der Waals surface area contributed by atoms with E-state index in [0.29, 0.717) is 24.3 Å². The van der Waals surface area contributed by atoms with Gasteiger partial charge in [-0.3, -0.25) is 4.98 Å². The van der Waals surface area contributed by atoms with E-state index in [-0.39, 0.29) is 6.61 Å². The maximum absolute atomic E-state index is 11.4. The van der Waals surface area contributed by atoms with E-state index in [1.54, 1.807) is 36.7 Å². The van der Waals surface area contributed by atoms with Crippen molar-refractivity contribution in [3.05, 3.63) is 96.3 Å². The number of ether oxygens (including phenoxy) is 1. The molecule has 148 valence electrons. The Hall–Kier alpha value is -3.67. The zero-order valence-corrected chi connectivity index (χ0v) is 15.8. The van der Waals surface area contributed by atoms with Crippen molar-refractivity contribution in [2.45, 2.75) is 18.9 Å². The van der Waals surface area contributed by atoms with E-state index in [9.17, 15) is 9.90 Å². The maximum atomic E-state index is 11.4. The smallest absolute Gasteiger partial charge is 0.344 e. The van der Waals surface area contributed by atoms with E-state index >= 15 is 0 Å². The third-order valence-electron chi connectivity index (χ3n) is 4.14. The van der Waals surface area contributed by atoms with Gasteiger partial charge in [-0.05, 0) is 37.1 Å². The quantitative estimate of drug-likeness (QED) is 0.319. The van der Waals surface area contributed by atoms with E-state index < -0.39 is 12.1 Å². The lowest BCUT2D eigenvalue weighted by molar-refractivity contribution is -0.145. The molecule has 29 heavy (non-hydrogen) atoms. The van der Waals surface area contributed by atoms with Gasteiger partial charge in [-0.1, -0.05) is 53.7 Å². The molecule has 3 aromatic rings. The molecule has 0 radical (unpaired) electrons. The molecule has 0 aliphatic rings. The fourth-order valence-corrected chi connectivity index (χ4v) is 2.71. The predicted molar refractivity (Wildman–Crippen MR) is 110 cm³/mol. The Morgan fingerprint density at radius 3 is 2.31 bits per heavy atom. The number of oxime groups is 1. The number of carboxylic acids is 1. The lowest BCUT2D eigenvalue weighted by Gasteiger charge is -2.14. The molecule has 6 nitrogen and oxygen atoms in total. The highest BCUT2D eigenvalue weighted by Crippen LogP contribution is 2.14. The van der Waals surface area contributed by atoms with Crippen LogP contribution in [0.1, 0.15) is 24.0 Å². The van der Waals surface area contributed by atoms with Crippen LogP contribution in [0.3, 0.4) is 0 Å². The Kier molecular flexibility index (Phi) is 7.34. The first-order valence-corrected chi connectivity index (χ1v) is 9.34. The molecule has 0 saturated heterocycles. The van der Waals surface area contributed by atoms with Gasteiger partial charge in [0.25, 0.3) is 0 Å². The van der Waals surface area contributed by atoms with Gasteiger partial charge in [0, 0.05) is 23.5 Å². The van der Waals surface area contributed by atoms with Gasteiger partial charge in [-0.25, -0.2) is 4.79 Å². The molecule has 1 aromatic heterocycles. The fourth-order valence-electron chi connectivity index (χ4n) is 2.71. The van der Waals surface area contributed by atoms with Gasteiger partial charge >= 0.3 is 5.97 Å². The third-order valence-corrected chi connectivity index (χ3v) is 4.14. The second-order valence-electron chi connectivity index (χ2n) is 6.28. The highest BCUT2D eigenvalue weighted by atomic mass is 16.6. The number of aromatic nitrogens is 1. The topological polar surface area (TPSA) is 81.0 Å². The van der Waals surface area contributed by atoms with Crippen LogP contribution >= 0.6 is 0 Å². The summed E-state index contributed by atoms with van der Waals surface area (Å²) < 4.78 is 5.54. The molecule has 0 aliphatic carbocycles. The summed E-state index contributed by atoms with van der Waals surface area (Å²) in [5.74, 6) is -0.473. The molecular formula is C23H22N2O4. The lowest BCUT2D eigenvalue weighted by atomic mass is 10.0. The Morgan fingerprint density at radius 1 is 0.966 bits per heavy atom. The summed E-state index contributed by atoms with van der Waals surface area (Å²) >= 11 is 0. The van der Waals surface area contributed by atoms with Crippen LogP contribution in [-0.4, -0.2) is 34.5 Å². The zero-order valence-electron chi connectivity index (χ0n) is 15.8. The van der Waals surface area contributed by atoms with Crippen molar-refractivity contribution in [3.8, 4) is 5.75 Å². The standard InChI is InChI=1S/C23H22N2O4/c26-23(27)21(29-20-12-5-2-6-13-20)14-8-16-28-25-22(18-9-3-1-4-10-18)19-11-7-15-24-17-19/h1-7,9-13,15,17,21H,8,14,16H2,(H,26,27). The monoisotopic (exact) mass is 390 g/mol. The molecule has 0 aliphatic heterocycles. The maximum Gasteiger partial charge on any atom is 0.344 e. The van der Waals surface area contributed by atoms with E-state index in [0.717, 1.165) is 11.1 Å². The lowest BCUT2D eigenvalue weighted by Crippen LogP contribution is -2.27. The number of benzene rings is 2. The van der Waals surface area contributed by atoms with Crippen molar-refractivity contribution in [3.63, 3.8) is 0 Å². The van der Waals surface area contributed by atoms with Crippen LogP contribution in [0.4, 0.5) is 0 Å². The van der Waals surface area contributed by atoms with Crippen LogP contribution in [0.2, 0.25) is 0 Å². The van der Waals surface area contributed by atoms with Crippen LogP contribution in [0.5, 0.6) is 5.75 Å². The van der Waals surface area contributed by atoms with Crippen LogP contribution < -0.4 is 4.74 Å². The van der Waals surface area contributed by atoms with Crippen LogP contribution in [-0.2, 0) is 9.63 Å². The number of hydrogen-bond acceptors (Lipinski definition) is 5. The molecule has 1 unspecified atom stereocenters. The molecule has 1 atom stereocenters. The van der Waals surface area contributed by atoms with E-state index in [2.05, 4.69) is 10.1 Å². The molecule has 0 bridgehead atoms. The van der Waals surface area contributed by atoms with Gasteiger partial charge in [0.05, 0.1) is 0 Å². The summed E-state index contributed by atoms with van der Waals surface area (Å²) in [6.45, 7) is 0.276. The van der Waals surface area contributed by atoms with E-state index in [1.165, 1.54) is 0 Å². The number of pyridine rings is 1. The van der Waals surface area contributed by atoms with Gasteiger partial charge in [0.1, 0.15) is 18.1 Å². The van der Waals surface area contributed by atoms with Crippen LogP contribution in [0, 0.1) is 0 Å². The molecule has 0 fully saturated rings. The highest BCUT2D eigenvalue weighted by molar-refractivity contribution is 6.12. The number of aliphatic carboxylic acids is 1. The Labute approximate surface area is 169 Å². The number of carboxylic acid groups (broad SMARTS) is 1. The second kappa shape index (κ2) is 10.6. The minimum Gasteiger partial charge on any atom is -0.479 e. The molecular weight excluding hydrogens is 368 g/mol. The Bertz CT molecular complexity index is 874. The molecule has 1 N–H and O–H groups in total. The van der Waals surface area contributed by atoms with Gasteiger partial charge in [-0.15, -0.1) is 0 Å². The van der Waals surface area contributed by atoms with Crippen LogP contribution in [0.15, 0.2) is 90.3 Å². The van der Waals surface area contributed by atoms with Crippen molar-refractivity contribution in [2.24, 2.45) is 5.16 Å². The zero-order chi connectivity index (χ0) is 20.3. The minimum absolute atomic E-state index is 0.276. The van der Waals surface area contributed by atoms with Crippen LogP contribution in [0.25, 0.3) is 0 Å². The summed E-state index contributed by atoms with van der Waals surface area (Å²) in [5.41, 5.74) is 2.43. The van der Waals surface area contributed by atoms with Crippen molar-refractivity contribution in [1.29, 1.82) is 0 Å². The first kappa shape index (κ1) is 20.1. The van der Waals surface area contributed by atoms with Gasteiger partial charge in [0.2, 0.25) is 0 Å². The minimum atomic E-state index is -1.00. The van der Waals surface area contributed by atoms with Crippen molar-refractivity contribution in [2.75, 3.05) is 6.61 Å². The number of rotatable bonds is 10. The number of carbonyl (C=O) groups is 1. The summed E-state index contributed by atoms with van der Waals surface area (Å²) in [6.07, 6.45) is 3.29. The summed E-state index contributed by atoms with van der Waals surface area (Å²) in [4.78, 5) is 21.1. The Morgan fingerprint density at radius 2 is 1.66 bits per heavy atom. The molecule has 0 saturated carbocycles. The average molecular weight is 390 g/mol. The van der Waals surface area contributed by atoms with Gasteiger partial charge in [0.15, 0.2) is 6.10 Å². The molecule has 3 rings (SSSR count). The van der Waals surface area contributed by atoms with Gasteiger partial charge < -0.3 is 14.7 Å². The molecule has 0 amide bonds. The number of hydrogen-bond donors (Lipinski definition) is 1. The average Bonchev–Trinajstić information content (AvgIpc) is 2.77. The summed E-state index contributed by atoms with van der Waals surface area (Å²) in [5, 5.41) is 13.7. The Balaban J connectivity index is 1.58. The fraction of sp³-hybridized carbons (Fsp3) is 0.174. The first-order chi connectivity index (χ1) is 14.2. The molecule has 1 heterocycles. The van der Waals surface area contributed by atoms with Crippen molar-refractivity contribution in [1.82, 2.24) is 4.98 Å². The summed E-state index contributed by atoms with van der Waals surface area (Å²) in [6, 6.07) is 22.4. The van der Waals surface area contributed by atoms with Gasteiger partial charge in [-0.2, -0.15) is 0 Å².